The number of nitrogens with one attached hydrogen (secondary N) is 1. The number of fused-ring (bicyclic) bond motifs is 1. The minimum Gasteiger partial charge on any atom is -0.380 e. The van der Waals surface area contributed by atoms with Gasteiger partial charge < -0.3 is 20.7 Å². The smallest absolute Gasteiger partial charge is 0.285 e. The minimum absolute atomic E-state index is 0.0200. The Hall–Kier alpha value is -2.29. The zero-order valence-corrected chi connectivity index (χ0v) is 26.4. The number of nitrogens with two attached hydrogens (primary N) is 1. The van der Waals surface area contributed by atoms with Crippen LogP contribution in [0.4, 0.5) is 0 Å². The van der Waals surface area contributed by atoms with Crippen LogP contribution in [0, 0.1) is 39.4 Å². The number of amides is 3. The van der Waals surface area contributed by atoms with Crippen LogP contribution in [0.1, 0.15) is 100 Å². The fraction of sp³-hybridized carbons (Fsp3) is 0.844. The first-order valence-electron chi connectivity index (χ1n) is 15.3. The summed E-state index contributed by atoms with van der Waals surface area (Å²) in [6.07, 6.45) is 3.94. The van der Waals surface area contributed by atoms with E-state index in [2.05, 4.69) is 19.2 Å². The zero-order chi connectivity index (χ0) is 30.8. The first kappa shape index (κ1) is 31.6. The van der Waals surface area contributed by atoms with E-state index >= 15 is 0 Å². The van der Waals surface area contributed by atoms with Gasteiger partial charge in [0.15, 0.2) is 5.78 Å². The number of rotatable bonds is 10. The maximum Gasteiger partial charge on any atom is 0.285 e. The first-order valence-corrected chi connectivity index (χ1v) is 15.3. The Kier molecular flexibility index (Phi) is 8.07. The van der Waals surface area contributed by atoms with Crippen molar-refractivity contribution in [2.24, 2.45) is 45.1 Å². The van der Waals surface area contributed by atoms with Crippen LogP contribution in [-0.2, 0) is 28.7 Å². The van der Waals surface area contributed by atoms with Crippen molar-refractivity contribution in [1.82, 2.24) is 10.2 Å². The summed E-state index contributed by atoms with van der Waals surface area (Å²) in [6.45, 7) is 17.6. The Morgan fingerprint density at radius 2 is 1.59 bits per heavy atom. The van der Waals surface area contributed by atoms with Crippen LogP contribution < -0.4 is 11.1 Å². The van der Waals surface area contributed by atoms with Gasteiger partial charge in [-0.05, 0) is 50.4 Å². The Morgan fingerprint density at radius 1 is 0.976 bits per heavy atom. The highest BCUT2D eigenvalue weighted by molar-refractivity contribution is 6.36. The highest BCUT2D eigenvalue weighted by atomic mass is 16.5. The standard InChI is InChI=1S/C32H51N3O6/c1-28(2,3)21(14-24(37)34-29(4,5)6)27(40)35-16-31(30(7,8)32(31)17-41-18-32)15-22(35)23(36)13-20(25(38)26(33)39)12-19-10-9-11-19/h19-22H,9-18H2,1-8H3,(H2,33,39)(H,34,37)/t20?,21-,22+,31-/m1/s1. The topological polar surface area (TPSA) is 136 Å². The average molecular weight is 574 g/mol. The van der Waals surface area contributed by atoms with Crippen LogP contribution in [0.25, 0.3) is 0 Å². The Bertz CT molecular complexity index is 1110. The molecule has 2 aliphatic heterocycles. The summed E-state index contributed by atoms with van der Waals surface area (Å²) in [6, 6.07) is -0.721. The summed E-state index contributed by atoms with van der Waals surface area (Å²) in [5, 5.41) is 2.98. The van der Waals surface area contributed by atoms with E-state index in [0.29, 0.717) is 38.5 Å². The molecule has 230 valence electrons. The second kappa shape index (κ2) is 10.5. The van der Waals surface area contributed by atoms with E-state index < -0.39 is 40.5 Å². The van der Waals surface area contributed by atoms with Gasteiger partial charge in [0.25, 0.3) is 5.91 Å². The number of hydrogen-bond donors (Lipinski definition) is 2. The van der Waals surface area contributed by atoms with Gasteiger partial charge in [-0.3, -0.25) is 24.0 Å². The number of ether oxygens (including phenoxy) is 1. The lowest BCUT2D eigenvalue weighted by Gasteiger charge is -2.36. The number of Topliss-reactive ketones (excluding diaryl/α,β-unsaturated/α-hetero) is 2. The van der Waals surface area contributed by atoms with Crippen LogP contribution >= 0.6 is 0 Å². The summed E-state index contributed by atoms with van der Waals surface area (Å²) < 4.78 is 5.66. The van der Waals surface area contributed by atoms with Crippen molar-refractivity contribution >= 4 is 29.3 Å². The number of hydrogen-bond acceptors (Lipinski definition) is 6. The van der Waals surface area contributed by atoms with Gasteiger partial charge in [0.1, 0.15) is 0 Å². The van der Waals surface area contributed by atoms with Crippen LogP contribution in [-0.4, -0.2) is 65.5 Å². The van der Waals surface area contributed by atoms with Gasteiger partial charge in [0, 0.05) is 41.7 Å². The first-order chi connectivity index (χ1) is 18.8. The number of nitrogens with zero attached hydrogens (tertiary/aromatic N) is 1. The van der Waals surface area contributed by atoms with Gasteiger partial charge in [-0.15, -0.1) is 0 Å². The second-order valence-electron chi connectivity index (χ2n) is 16.0. The molecule has 4 aliphatic rings. The van der Waals surface area contributed by atoms with Crippen LogP contribution in [0.15, 0.2) is 0 Å². The molecule has 41 heavy (non-hydrogen) atoms. The molecular formula is C32H51N3O6. The third-order valence-corrected chi connectivity index (χ3v) is 11.1. The van der Waals surface area contributed by atoms with Crippen LogP contribution in [0.5, 0.6) is 0 Å². The molecular weight excluding hydrogens is 522 g/mol. The fourth-order valence-electron chi connectivity index (χ4n) is 8.04. The number of likely N-dealkylation sites (tertiary alicyclic amines) is 1. The van der Waals surface area contributed by atoms with Gasteiger partial charge in [-0.25, -0.2) is 0 Å². The van der Waals surface area contributed by atoms with Crippen molar-refractivity contribution in [2.75, 3.05) is 19.8 Å². The van der Waals surface area contributed by atoms with E-state index in [-0.39, 0.29) is 46.7 Å². The van der Waals surface area contributed by atoms with E-state index in [0.717, 1.165) is 19.3 Å². The molecule has 4 fully saturated rings. The molecule has 2 saturated carbocycles. The van der Waals surface area contributed by atoms with Crippen molar-refractivity contribution in [3.05, 3.63) is 0 Å². The third kappa shape index (κ3) is 5.48. The molecule has 4 rings (SSSR count). The monoisotopic (exact) mass is 573 g/mol. The highest BCUT2D eigenvalue weighted by Crippen LogP contribution is 2.84. The molecule has 2 aliphatic carbocycles. The molecule has 3 N–H and O–H groups in total. The Balaban J connectivity index is 1.63. The quantitative estimate of drug-likeness (QED) is 0.385. The van der Waals surface area contributed by atoms with Gasteiger partial charge in [0.05, 0.1) is 25.2 Å². The Morgan fingerprint density at radius 3 is 2.00 bits per heavy atom. The lowest BCUT2D eigenvalue weighted by molar-refractivity contribution is -0.147. The van der Waals surface area contributed by atoms with Crippen LogP contribution in [0.3, 0.4) is 0 Å². The van der Waals surface area contributed by atoms with Crippen LogP contribution in [0.2, 0.25) is 0 Å². The lowest BCUT2D eigenvalue weighted by atomic mass is 9.75. The Labute approximate surface area is 245 Å². The maximum atomic E-state index is 14.4. The molecule has 2 heterocycles. The van der Waals surface area contributed by atoms with Gasteiger partial charge in [0.2, 0.25) is 17.6 Å². The maximum absolute atomic E-state index is 14.4. The zero-order valence-electron chi connectivity index (χ0n) is 26.4. The second-order valence-corrected chi connectivity index (χ2v) is 16.0. The molecule has 2 spiro atoms. The molecule has 1 unspecified atom stereocenters. The summed E-state index contributed by atoms with van der Waals surface area (Å²) >= 11 is 0. The molecule has 0 aromatic rings. The predicted octanol–water partition coefficient (Wildman–Crippen LogP) is 3.42. The minimum atomic E-state index is -1.01. The summed E-state index contributed by atoms with van der Waals surface area (Å²) in [4.78, 5) is 68.0. The van der Waals surface area contributed by atoms with Crippen molar-refractivity contribution in [3.63, 3.8) is 0 Å². The normalized spacial score (nSPS) is 28.0. The summed E-state index contributed by atoms with van der Waals surface area (Å²) in [5.41, 5.74) is 3.93. The van der Waals surface area contributed by atoms with Crippen molar-refractivity contribution in [1.29, 1.82) is 0 Å². The van der Waals surface area contributed by atoms with Crippen molar-refractivity contribution in [2.45, 2.75) is 112 Å². The van der Waals surface area contributed by atoms with Crippen molar-refractivity contribution < 1.29 is 28.7 Å². The van der Waals surface area contributed by atoms with Gasteiger partial charge >= 0.3 is 0 Å². The molecule has 4 atom stereocenters. The van der Waals surface area contributed by atoms with E-state index in [9.17, 15) is 24.0 Å². The molecule has 9 nitrogen and oxygen atoms in total. The van der Waals surface area contributed by atoms with E-state index in [1.165, 1.54) is 0 Å². The molecule has 0 bridgehead atoms. The molecule has 0 aromatic carbocycles. The van der Waals surface area contributed by atoms with Gasteiger partial charge in [-0.2, -0.15) is 0 Å². The molecule has 3 amide bonds. The predicted molar refractivity (Wildman–Crippen MR) is 154 cm³/mol. The van der Waals surface area contributed by atoms with E-state index in [4.69, 9.17) is 10.5 Å². The number of carbonyl (C=O) groups is 5. The average Bonchev–Trinajstić information content (AvgIpc) is 3.01. The van der Waals surface area contributed by atoms with E-state index in [1.807, 2.05) is 41.5 Å². The molecule has 2 saturated heterocycles. The highest BCUT2D eigenvalue weighted by Gasteiger charge is 2.86. The lowest BCUT2D eigenvalue weighted by Crippen LogP contribution is -2.50. The SMILES string of the molecule is CC(C)(C)NC(=O)C[C@H](C(=O)N1C[C@]2(C[C@H]1C(=O)CC(CC1CCC1)C(=O)C(N)=O)C(C)(C)C21COC1)C(C)(C)C. The largest absolute Gasteiger partial charge is 0.380 e. The summed E-state index contributed by atoms with van der Waals surface area (Å²) in [7, 11) is 0. The van der Waals surface area contributed by atoms with E-state index in [1.54, 1.807) is 4.90 Å². The number of ketones is 2. The third-order valence-electron chi connectivity index (χ3n) is 11.1. The number of carbonyl (C=O) groups excluding carboxylic acids is 5. The molecule has 9 heteroatoms. The molecule has 0 radical (unpaired) electrons. The fourth-order valence-corrected chi connectivity index (χ4v) is 8.04. The van der Waals surface area contributed by atoms with Crippen molar-refractivity contribution in [3.8, 4) is 0 Å². The number of primary amides is 1. The van der Waals surface area contributed by atoms with Gasteiger partial charge in [-0.1, -0.05) is 53.9 Å². The molecule has 0 aromatic heterocycles. The summed E-state index contributed by atoms with van der Waals surface area (Å²) in [5.74, 6) is -3.39.